The highest BCUT2D eigenvalue weighted by molar-refractivity contribution is 9.10. The van der Waals surface area contributed by atoms with Crippen molar-refractivity contribution < 1.29 is 9.52 Å². The van der Waals surface area contributed by atoms with E-state index in [-0.39, 0.29) is 0 Å². The highest BCUT2D eigenvalue weighted by Crippen LogP contribution is 2.24. The lowest BCUT2D eigenvalue weighted by molar-refractivity contribution is 0.204. The smallest absolute Gasteiger partial charge is 0.169 e. The number of aliphatic hydroxyl groups is 1. The first kappa shape index (κ1) is 9.42. The van der Waals surface area contributed by atoms with E-state index in [9.17, 15) is 5.11 Å². The number of hydrogen-bond donors (Lipinski definition) is 1. The van der Waals surface area contributed by atoms with E-state index in [1.54, 1.807) is 17.7 Å². The Morgan fingerprint density at radius 3 is 2.93 bits per heavy atom. The number of aliphatic hydroxyl groups excluding tert-OH is 1. The molecule has 2 rings (SSSR count). The summed E-state index contributed by atoms with van der Waals surface area (Å²) in [5.41, 5.74) is 0.646. The monoisotopic (exact) mass is 257 g/mol. The van der Waals surface area contributed by atoms with Gasteiger partial charge in [-0.3, -0.25) is 0 Å². The van der Waals surface area contributed by atoms with E-state index >= 15 is 0 Å². The highest BCUT2D eigenvalue weighted by Gasteiger charge is 2.17. The molecule has 6 heteroatoms. The Hall–Kier alpha value is -1.14. The van der Waals surface area contributed by atoms with Crippen molar-refractivity contribution >= 4 is 15.9 Å². The van der Waals surface area contributed by atoms with Crippen molar-refractivity contribution in [2.75, 3.05) is 0 Å². The Morgan fingerprint density at radius 2 is 2.43 bits per heavy atom. The molecular formula is C8H8BrN3O2. The third-order valence-corrected chi connectivity index (χ3v) is 2.31. The molecule has 0 fully saturated rings. The van der Waals surface area contributed by atoms with E-state index in [4.69, 9.17) is 4.42 Å². The SMILES string of the molecule is Cn1cnnc1C(O)c1coc(Br)c1. The molecule has 5 nitrogen and oxygen atoms in total. The van der Waals surface area contributed by atoms with E-state index in [0.717, 1.165) is 0 Å². The van der Waals surface area contributed by atoms with Crippen LogP contribution in [0.2, 0.25) is 0 Å². The maximum Gasteiger partial charge on any atom is 0.169 e. The maximum absolute atomic E-state index is 9.87. The summed E-state index contributed by atoms with van der Waals surface area (Å²) in [5, 5.41) is 17.4. The third kappa shape index (κ3) is 1.58. The number of nitrogens with zero attached hydrogens (tertiary/aromatic N) is 3. The summed E-state index contributed by atoms with van der Waals surface area (Å²) < 4.78 is 7.26. The van der Waals surface area contributed by atoms with Gasteiger partial charge >= 0.3 is 0 Å². The predicted molar refractivity (Wildman–Crippen MR) is 51.5 cm³/mol. The fourth-order valence-electron chi connectivity index (χ4n) is 1.16. The van der Waals surface area contributed by atoms with Gasteiger partial charge in [-0.15, -0.1) is 10.2 Å². The van der Waals surface area contributed by atoms with Gasteiger partial charge in [0, 0.05) is 12.6 Å². The molecular weight excluding hydrogens is 250 g/mol. The minimum absolute atomic E-state index is 0.485. The predicted octanol–water partition coefficient (Wildman–Crippen LogP) is 1.25. The zero-order chi connectivity index (χ0) is 10.1. The van der Waals surface area contributed by atoms with Crippen molar-refractivity contribution in [2.45, 2.75) is 6.10 Å². The van der Waals surface area contributed by atoms with E-state index in [1.165, 1.54) is 12.6 Å². The molecule has 0 saturated heterocycles. The molecule has 0 amide bonds. The topological polar surface area (TPSA) is 64.1 Å². The number of halogens is 1. The Labute approximate surface area is 88.5 Å². The van der Waals surface area contributed by atoms with Gasteiger partial charge < -0.3 is 14.1 Å². The minimum Gasteiger partial charge on any atom is -0.457 e. The number of hydrogen-bond acceptors (Lipinski definition) is 4. The van der Waals surface area contributed by atoms with Crippen LogP contribution in [0.15, 0.2) is 27.7 Å². The third-order valence-electron chi connectivity index (χ3n) is 1.89. The summed E-state index contributed by atoms with van der Waals surface area (Å²) in [4.78, 5) is 0. The largest absolute Gasteiger partial charge is 0.457 e. The van der Waals surface area contributed by atoms with Crippen LogP contribution in [0.1, 0.15) is 17.5 Å². The molecule has 1 N–H and O–H groups in total. The van der Waals surface area contributed by atoms with Crippen LogP contribution in [0.3, 0.4) is 0 Å². The van der Waals surface area contributed by atoms with Gasteiger partial charge in [-0.2, -0.15) is 0 Å². The quantitative estimate of drug-likeness (QED) is 0.880. The summed E-state index contributed by atoms with van der Waals surface area (Å²) in [6.45, 7) is 0. The van der Waals surface area contributed by atoms with Crippen molar-refractivity contribution in [3.05, 3.63) is 34.7 Å². The Bertz CT molecular complexity index is 437. The summed E-state index contributed by atoms with van der Waals surface area (Å²) in [5.74, 6) is 0.485. The molecule has 2 heterocycles. The van der Waals surface area contributed by atoms with Crippen molar-refractivity contribution in [3.8, 4) is 0 Å². The van der Waals surface area contributed by atoms with Gasteiger partial charge in [-0.25, -0.2) is 0 Å². The van der Waals surface area contributed by atoms with Gasteiger partial charge in [-0.1, -0.05) is 0 Å². The van der Waals surface area contributed by atoms with E-state index in [2.05, 4.69) is 26.1 Å². The lowest BCUT2D eigenvalue weighted by Crippen LogP contribution is -2.05. The van der Waals surface area contributed by atoms with Gasteiger partial charge in [0.25, 0.3) is 0 Å². The molecule has 2 aromatic rings. The molecule has 0 aliphatic rings. The molecule has 2 aromatic heterocycles. The average Bonchev–Trinajstić information content (AvgIpc) is 2.73. The molecule has 0 bridgehead atoms. The number of aryl methyl sites for hydroxylation is 1. The zero-order valence-electron chi connectivity index (χ0n) is 7.38. The Morgan fingerprint density at radius 1 is 1.64 bits per heavy atom. The van der Waals surface area contributed by atoms with Crippen molar-refractivity contribution in [1.29, 1.82) is 0 Å². The molecule has 14 heavy (non-hydrogen) atoms. The summed E-state index contributed by atoms with van der Waals surface area (Å²) in [6, 6.07) is 1.69. The van der Waals surface area contributed by atoms with Crippen LogP contribution in [0, 0.1) is 0 Å². The second-order valence-electron chi connectivity index (χ2n) is 2.89. The Balaban J connectivity index is 2.33. The van der Waals surface area contributed by atoms with E-state index in [0.29, 0.717) is 16.1 Å². The maximum atomic E-state index is 9.87. The van der Waals surface area contributed by atoms with E-state index < -0.39 is 6.10 Å². The second-order valence-corrected chi connectivity index (χ2v) is 3.67. The van der Waals surface area contributed by atoms with Crippen LogP contribution < -0.4 is 0 Å². The molecule has 0 spiro atoms. The van der Waals surface area contributed by atoms with Crippen LogP contribution >= 0.6 is 15.9 Å². The molecule has 0 aliphatic heterocycles. The van der Waals surface area contributed by atoms with Crippen LogP contribution in [0.4, 0.5) is 0 Å². The molecule has 1 atom stereocenters. The molecule has 0 saturated carbocycles. The van der Waals surface area contributed by atoms with Crippen molar-refractivity contribution in [3.63, 3.8) is 0 Å². The van der Waals surface area contributed by atoms with Crippen LogP contribution in [0.25, 0.3) is 0 Å². The summed E-state index contributed by atoms with van der Waals surface area (Å²) in [7, 11) is 1.77. The first-order chi connectivity index (χ1) is 6.68. The van der Waals surface area contributed by atoms with Crippen molar-refractivity contribution in [2.24, 2.45) is 7.05 Å². The molecule has 1 unspecified atom stereocenters. The number of rotatable bonds is 2. The first-order valence-corrected chi connectivity index (χ1v) is 4.73. The van der Waals surface area contributed by atoms with Gasteiger partial charge in [0.05, 0.1) is 6.26 Å². The average molecular weight is 258 g/mol. The standard InChI is InChI=1S/C8H8BrN3O2/c1-12-4-10-11-8(12)7(13)5-2-6(9)14-3-5/h2-4,7,13H,1H3. The molecule has 0 aromatic carbocycles. The van der Waals surface area contributed by atoms with Crippen LogP contribution in [0.5, 0.6) is 0 Å². The number of aromatic nitrogens is 3. The summed E-state index contributed by atoms with van der Waals surface area (Å²) in [6.07, 6.45) is 2.20. The van der Waals surface area contributed by atoms with Gasteiger partial charge in [0.2, 0.25) is 0 Å². The lowest BCUT2D eigenvalue weighted by Gasteiger charge is -2.05. The molecule has 74 valence electrons. The van der Waals surface area contributed by atoms with Crippen molar-refractivity contribution in [1.82, 2.24) is 14.8 Å². The first-order valence-electron chi connectivity index (χ1n) is 3.94. The highest BCUT2D eigenvalue weighted by atomic mass is 79.9. The fourth-order valence-corrected chi connectivity index (χ4v) is 1.51. The van der Waals surface area contributed by atoms with Crippen LogP contribution in [-0.2, 0) is 7.05 Å². The lowest BCUT2D eigenvalue weighted by atomic mass is 10.2. The number of furan rings is 1. The van der Waals surface area contributed by atoms with Gasteiger partial charge in [0.1, 0.15) is 12.4 Å². The molecule has 0 radical (unpaired) electrons. The second kappa shape index (κ2) is 3.55. The fraction of sp³-hybridized carbons (Fsp3) is 0.250. The zero-order valence-corrected chi connectivity index (χ0v) is 8.97. The van der Waals surface area contributed by atoms with Gasteiger partial charge in [0.15, 0.2) is 10.5 Å². The molecule has 0 aliphatic carbocycles. The van der Waals surface area contributed by atoms with Crippen LogP contribution in [-0.4, -0.2) is 19.9 Å². The normalized spacial score (nSPS) is 13.1. The van der Waals surface area contributed by atoms with E-state index in [1.807, 2.05) is 0 Å². The summed E-state index contributed by atoms with van der Waals surface area (Å²) >= 11 is 3.16. The Kier molecular flexibility index (Phi) is 2.39. The van der Waals surface area contributed by atoms with Gasteiger partial charge in [-0.05, 0) is 22.0 Å². The minimum atomic E-state index is -0.808.